The van der Waals surface area contributed by atoms with Crippen LogP contribution >= 0.6 is 0 Å². The molecule has 3 nitrogen and oxygen atoms in total. The quantitative estimate of drug-likeness (QED) is 0.556. The summed E-state index contributed by atoms with van der Waals surface area (Å²) >= 11 is 0. The third-order valence-electron chi connectivity index (χ3n) is 3.52. The number of ether oxygens (including phenoxy) is 1. The van der Waals surface area contributed by atoms with Crippen molar-refractivity contribution in [1.82, 2.24) is 5.32 Å². The predicted octanol–water partition coefficient (Wildman–Crippen LogP) is 1.22. The van der Waals surface area contributed by atoms with Gasteiger partial charge in [0.1, 0.15) is 15.7 Å². The maximum absolute atomic E-state index is 9.27. The molecule has 0 fully saturated rings. The summed E-state index contributed by atoms with van der Waals surface area (Å²) < 4.78 is 5.67. The van der Waals surface area contributed by atoms with E-state index >= 15 is 0 Å². The fourth-order valence-electron chi connectivity index (χ4n) is 1.94. The van der Waals surface area contributed by atoms with Gasteiger partial charge in [-0.15, -0.1) is 0 Å². The zero-order valence-corrected chi connectivity index (χ0v) is 12.1. The molecular formula is C14H23B2NO2. The highest BCUT2D eigenvalue weighted by atomic mass is 16.5. The van der Waals surface area contributed by atoms with Crippen molar-refractivity contribution in [2.75, 3.05) is 13.2 Å². The first-order valence-electron chi connectivity index (χ1n) is 6.88. The van der Waals surface area contributed by atoms with Gasteiger partial charge in [0.2, 0.25) is 0 Å². The summed E-state index contributed by atoms with van der Waals surface area (Å²) in [5.41, 5.74) is 0.617. The SMILES string of the molecule is [B]C([B])(O)NCC1OCCC(/C=C\C(C)CC)=C1C. The molecule has 0 aromatic heterocycles. The molecule has 102 valence electrons. The van der Waals surface area contributed by atoms with Crippen LogP contribution < -0.4 is 5.32 Å². The van der Waals surface area contributed by atoms with Crippen LogP contribution in [-0.2, 0) is 4.74 Å². The Kier molecular flexibility index (Phi) is 6.37. The van der Waals surface area contributed by atoms with Gasteiger partial charge in [0.05, 0.1) is 12.7 Å². The van der Waals surface area contributed by atoms with Crippen LogP contribution in [0, 0.1) is 5.92 Å². The fraction of sp³-hybridized carbons (Fsp3) is 0.714. The van der Waals surface area contributed by atoms with E-state index in [4.69, 9.17) is 20.4 Å². The summed E-state index contributed by atoms with van der Waals surface area (Å²) in [7, 11) is 10.6. The Bertz CT molecular complexity index is 348. The Morgan fingerprint density at radius 3 is 2.84 bits per heavy atom. The summed E-state index contributed by atoms with van der Waals surface area (Å²) in [5, 5.41) is 11.9. The first-order valence-corrected chi connectivity index (χ1v) is 6.88. The molecule has 0 aromatic carbocycles. The van der Waals surface area contributed by atoms with Gasteiger partial charge >= 0.3 is 0 Å². The highest BCUT2D eigenvalue weighted by molar-refractivity contribution is 6.38. The van der Waals surface area contributed by atoms with Gasteiger partial charge in [-0.3, -0.25) is 0 Å². The largest absolute Gasteiger partial charge is 0.395 e. The molecule has 0 saturated heterocycles. The molecule has 5 heteroatoms. The lowest BCUT2D eigenvalue weighted by Crippen LogP contribution is -2.50. The van der Waals surface area contributed by atoms with Crippen molar-refractivity contribution in [3.63, 3.8) is 0 Å². The van der Waals surface area contributed by atoms with E-state index in [1.165, 1.54) is 11.1 Å². The molecule has 19 heavy (non-hydrogen) atoms. The average Bonchev–Trinajstić information content (AvgIpc) is 2.34. The number of hydrogen-bond donors (Lipinski definition) is 2. The van der Waals surface area contributed by atoms with Crippen molar-refractivity contribution < 1.29 is 9.84 Å². The van der Waals surface area contributed by atoms with Crippen LogP contribution in [0.5, 0.6) is 0 Å². The lowest BCUT2D eigenvalue weighted by molar-refractivity contribution is 0.0554. The van der Waals surface area contributed by atoms with Crippen LogP contribution in [0.3, 0.4) is 0 Å². The maximum Gasteiger partial charge on any atom is 0.120 e. The van der Waals surface area contributed by atoms with Crippen molar-refractivity contribution >= 4 is 15.7 Å². The first kappa shape index (κ1) is 16.5. The van der Waals surface area contributed by atoms with Crippen molar-refractivity contribution in [3.05, 3.63) is 23.3 Å². The van der Waals surface area contributed by atoms with E-state index in [0.29, 0.717) is 19.1 Å². The van der Waals surface area contributed by atoms with Crippen molar-refractivity contribution in [1.29, 1.82) is 0 Å². The van der Waals surface area contributed by atoms with Crippen molar-refractivity contribution in [2.45, 2.75) is 45.2 Å². The molecule has 1 rings (SSSR count). The zero-order valence-electron chi connectivity index (χ0n) is 12.1. The molecule has 0 amide bonds. The highest BCUT2D eigenvalue weighted by Gasteiger charge is 2.21. The molecule has 4 radical (unpaired) electrons. The van der Waals surface area contributed by atoms with E-state index in [2.05, 4.69) is 31.3 Å². The molecule has 1 aliphatic heterocycles. The van der Waals surface area contributed by atoms with Gasteiger partial charge in [-0.2, -0.15) is 0 Å². The molecule has 2 atom stereocenters. The minimum absolute atomic E-state index is 0.0936. The smallest absolute Gasteiger partial charge is 0.120 e. The van der Waals surface area contributed by atoms with Gasteiger partial charge < -0.3 is 15.2 Å². The molecular weight excluding hydrogens is 236 g/mol. The number of rotatable bonds is 6. The van der Waals surface area contributed by atoms with Gasteiger partial charge in [-0.05, 0) is 30.4 Å². The molecule has 2 unspecified atom stereocenters. The molecule has 0 saturated carbocycles. The molecule has 0 aliphatic carbocycles. The van der Waals surface area contributed by atoms with Gasteiger partial charge in [0, 0.05) is 12.1 Å². The van der Waals surface area contributed by atoms with Gasteiger partial charge in [-0.1, -0.05) is 32.4 Å². The maximum atomic E-state index is 9.27. The first-order chi connectivity index (χ1) is 8.83. The molecule has 0 aromatic rings. The Morgan fingerprint density at radius 1 is 1.58 bits per heavy atom. The molecule has 0 spiro atoms. The monoisotopic (exact) mass is 259 g/mol. The van der Waals surface area contributed by atoms with Gasteiger partial charge in [0.15, 0.2) is 0 Å². The zero-order chi connectivity index (χ0) is 14.5. The van der Waals surface area contributed by atoms with Gasteiger partial charge in [0.25, 0.3) is 0 Å². The van der Waals surface area contributed by atoms with E-state index in [-0.39, 0.29) is 6.10 Å². The molecule has 0 bridgehead atoms. The molecule has 1 aliphatic rings. The molecule has 1 heterocycles. The van der Waals surface area contributed by atoms with Crippen molar-refractivity contribution in [3.8, 4) is 0 Å². The van der Waals surface area contributed by atoms with E-state index < -0.39 is 5.52 Å². The Hall–Kier alpha value is -0.510. The van der Waals surface area contributed by atoms with Crippen LogP contribution in [0.2, 0.25) is 0 Å². The Labute approximate surface area is 119 Å². The van der Waals surface area contributed by atoms with E-state index in [1.54, 1.807) is 0 Å². The number of hydrogen-bond acceptors (Lipinski definition) is 3. The highest BCUT2D eigenvalue weighted by Crippen LogP contribution is 2.22. The summed E-state index contributed by atoms with van der Waals surface area (Å²) in [6.07, 6.45) is 6.39. The number of aliphatic hydroxyl groups is 1. The second-order valence-electron chi connectivity index (χ2n) is 5.27. The lowest BCUT2D eigenvalue weighted by Gasteiger charge is -2.30. The Balaban J connectivity index is 2.67. The summed E-state index contributed by atoms with van der Waals surface area (Å²) in [5.74, 6) is 0.581. The summed E-state index contributed by atoms with van der Waals surface area (Å²) in [6, 6.07) is 0. The summed E-state index contributed by atoms with van der Waals surface area (Å²) in [4.78, 5) is 0. The van der Waals surface area contributed by atoms with Crippen molar-refractivity contribution in [2.24, 2.45) is 5.92 Å². The lowest BCUT2D eigenvalue weighted by atomic mass is 9.73. The second kappa shape index (κ2) is 7.32. The number of nitrogens with one attached hydrogen (secondary N) is 1. The van der Waals surface area contributed by atoms with E-state index in [1.807, 2.05) is 6.92 Å². The van der Waals surface area contributed by atoms with Crippen LogP contribution in [0.4, 0.5) is 0 Å². The Morgan fingerprint density at radius 2 is 2.26 bits per heavy atom. The van der Waals surface area contributed by atoms with E-state index in [9.17, 15) is 5.11 Å². The van der Waals surface area contributed by atoms with Crippen LogP contribution in [-0.4, -0.2) is 45.6 Å². The second-order valence-corrected chi connectivity index (χ2v) is 5.27. The standard InChI is InChI=1S/C14H23B2NO2/c1-4-10(2)5-6-12-7-8-19-13(11(12)3)9-17-14(15,16)18/h5-6,10,13,17-18H,4,7-9H2,1-3H3/b6-5-. The van der Waals surface area contributed by atoms with Crippen LogP contribution in [0.15, 0.2) is 23.3 Å². The normalized spacial score (nSPS) is 23.1. The third-order valence-corrected chi connectivity index (χ3v) is 3.52. The third kappa shape index (κ3) is 5.98. The molecule has 2 N–H and O–H groups in total. The predicted molar refractivity (Wildman–Crippen MR) is 80.1 cm³/mol. The minimum Gasteiger partial charge on any atom is -0.395 e. The van der Waals surface area contributed by atoms with E-state index in [0.717, 1.165) is 12.8 Å². The average molecular weight is 259 g/mol. The fourth-order valence-corrected chi connectivity index (χ4v) is 1.94. The summed E-state index contributed by atoms with van der Waals surface area (Å²) in [6.45, 7) is 7.51. The van der Waals surface area contributed by atoms with Crippen LogP contribution in [0.1, 0.15) is 33.6 Å². The number of allylic oxidation sites excluding steroid dienone is 2. The van der Waals surface area contributed by atoms with Crippen LogP contribution in [0.25, 0.3) is 0 Å². The topological polar surface area (TPSA) is 41.5 Å². The van der Waals surface area contributed by atoms with Gasteiger partial charge in [-0.25, -0.2) is 0 Å². The minimum atomic E-state index is -1.85.